The minimum absolute atomic E-state index is 0.219. The number of rotatable bonds is 2. The molecular formula is C9H8BrN3O2. The van der Waals surface area contributed by atoms with Crippen LogP contribution >= 0.6 is 15.9 Å². The van der Waals surface area contributed by atoms with Crippen molar-refractivity contribution < 1.29 is 4.74 Å². The summed E-state index contributed by atoms with van der Waals surface area (Å²) in [5.74, 6) is 0. The molecule has 0 radical (unpaired) electrons. The van der Waals surface area contributed by atoms with Crippen LogP contribution in [0.25, 0.3) is 11.0 Å². The zero-order valence-electron chi connectivity index (χ0n) is 7.95. The lowest BCUT2D eigenvalue weighted by Gasteiger charge is -2.01. The molecule has 0 fully saturated rings. The molecule has 2 aromatic heterocycles. The van der Waals surface area contributed by atoms with Crippen molar-refractivity contribution in [2.24, 2.45) is 0 Å². The summed E-state index contributed by atoms with van der Waals surface area (Å²) in [5, 5.41) is 0.755. The maximum Gasteiger partial charge on any atom is 0.318 e. The van der Waals surface area contributed by atoms with Gasteiger partial charge in [0.05, 0.1) is 11.1 Å². The van der Waals surface area contributed by atoms with Gasteiger partial charge >= 0.3 is 6.01 Å². The summed E-state index contributed by atoms with van der Waals surface area (Å²) in [7, 11) is 0. The van der Waals surface area contributed by atoms with Crippen molar-refractivity contribution in [1.82, 2.24) is 15.0 Å². The van der Waals surface area contributed by atoms with Gasteiger partial charge in [0.2, 0.25) is 0 Å². The highest BCUT2D eigenvalue weighted by atomic mass is 79.9. The number of halogens is 1. The smallest absolute Gasteiger partial charge is 0.318 e. The van der Waals surface area contributed by atoms with E-state index in [0.717, 1.165) is 5.39 Å². The van der Waals surface area contributed by atoms with Crippen LogP contribution < -0.4 is 10.3 Å². The van der Waals surface area contributed by atoms with Crippen molar-refractivity contribution in [1.29, 1.82) is 0 Å². The van der Waals surface area contributed by atoms with Gasteiger partial charge in [-0.15, -0.1) is 0 Å². The number of hydrogen-bond acceptors (Lipinski definition) is 4. The number of aromatic nitrogens is 3. The zero-order valence-corrected chi connectivity index (χ0v) is 9.54. The van der Waals surface area contributed by atoms with Crippen LogP contribution in [0.15, 0.2) is 21.5 Å². The molecule has 0 saturated heterocycles. The molecule has 0 aliphatic carbocycles. The Morgan fingerprint density at radius 3 is 3.13 bits per heavy atom. The number of ether oxygens (including phenoxy) is 1. The minimum atomic E-state index is -0.219. The maximum absolute atomic E-state index is 11.3. The van der Waals surface area contributed by atoms with E-state index in [2.05, 4.69) is 30.9 Å². The van der Waals surface area contributed by atoms with Crippen LogP contribution in [0.2, 0.25) is 0 Å². The number of pyridine rings is 1. The highest BCUT2D eigenvalue weighted by Gasteiger charge is 2.03. The van der Waals surface area contributed by atoms with E-state index in [1.807, 2.05) is 6.92 Å². The van der Waals surface area contributed by atoms with E-state index < -0.39 is 0 Å². The van der Waals surface area contributed by atoms with E-state index in [9.17, 15) is 4.79 Å². The number of nitrogens with zero attached hydrogens (tertiary/aromatic N) is 2. The van der Waals surface area contributed by atoms with Crippen LogP contribution in [-0.2, 0) is 0 Å². The lowest BCUT2D eigenvalue weighted by atomic mass is 10.3. The Balaban J connectivity index is 2.61. The standard InChI is InChI=1S/C9H8BrN3O2/c1-2-15-9-11-4-5-3-6(10)8(14)12-7(5)13-9/h3-4H,2H2,1H3,(H,11,12,13,14). The fraction of sp³-hybridized carbons (Fsp3) is 0.222. The summed E-state index contributed by atoms with van der Waals surface area (Å²) in [4.78, 5) is 22.0. The zero-order chi connectivity index (χ0) is 10.8. The molecule has 0 spiro atoms. The van der Waals surface area contributed by atoms with Gasteiger partial charge in [-0.2, -0.15) is 4.98 Å². The number of fused-ring (bicyclic) bond motifs is 1. The van der Waals surface area contributed by atoms with Crippen molar-refractivity contribution in [3.05, 3.63) is 27.1 Å². The maximum atomic E-state index is 11.3. The van der Waals surface area contributed by atoms with E-state index >= 15 is 0 Å². The number of H-pyrrole nitrogens is 1. The first kappa shape index (κ1) is 10.1. The molecule has 6 heteroatoms. The molecule has 2 heterocycles. The highest BCUT2D eigenvalue weighted by molar-refractivity contribution is 9.10. The predicted molar refractivity (Wildman–Crippen MR) is 59.0 cm³/mol. The summed E-state index contributed by atoms with van der Waals surface area (Å²) in [6.07, 6.45) is 1.61. The second-order valence-corrected chi connectivity index (χ2v) is 3.69. The van der Waals surface area contributed by atoms with Crippen molar-refractivity contribution in [2.45, 2.75) is 6.92 Å². The van der Waals surface area contributed by atoms with E-state index in [4.69, 9.17) is 4.74 Å². The first-order valence-electron chi connectivity index (χ1n) is 4.39. The Morgan fingerprint density at radius 2 is 2.40 bits per heavy atom. The highest BCUT2D eigenvalue weighted by Crippen LogP contribution is 2.13. The second-order valence-electron chi connectivity index (χ2n) is 2.84. The first-order chi connectivity index (χ1) is 7.20. The molecule has 5 nitrogen and oxygen atoms in total. The molecular weight excluding hydrogens is 262 g/mol. The third-order valence-electron chi connectivity index (χ3n) is 1.80. The van der Waals surface area contributed by atoms with E-state index in [1.54, 1.807) is 12.3 Å². The molecule has 0 bridgehead atoms. The van der Waals surface area contributed by atoms with Crippen LogP contribution in [0.1, 0.15) is 6.92 Å². The van der Waals surface area contributed by atoms with Crippen LogP contribution in [-0.4, -0.2) is 21.6 Å². The van der Waals surface area contributed by atoms with Crippen LogP contribution in [0.3, 0.4) is 0 Å². The average molecular weight is 270 g/mol. The third kappa shape index (κ3) is 1.99. The molecule has 0 aromatic carbocycles. The fourth-order valence-electron chi connectivity index (χ4n) is 1.15. The normalized spacial score (nSPS) is 10.5. The second kappa shape index (κ2) is 3.98. The lowest BCUT2D eigenvalue weighted by Crippen LogP contribution is -2.08. The number of nitrogens with one attached hydrogen (secondary N) is 1. The van der Waals surface area contributed by atoms with Crippen molar-refractivity contribution in [3.8, 4) is 6.01 Å². The van der Waals surface area contributed by atoms with Gasteiger partial charge in [0.25, 0.3) is 5.56 Å². The molecule has 0 atom stereocenters. The Morgan fingerprint density at radius 1 is 1.60 bits per heavy atom. The summed E-state index contributed by atoms with van der Waals surface area (Å²) < 4.78 is 5.59. The number of aromatic amines is 1. The lowest BCUT2D eigenvalue weighted by molar-refractivity contribution is 0.314. The largest absolute Gasteiger partial charge is 0.464 e. The van der Waals surface area contributed by atoms with Gasteiger partial charge in [-0.1, -0.05) is 0 Å². The fourth-order valence-corrected chi connectivity index (χ4v) is 1.49. The summed E-state index contributed by atoms with van der Waals surface area (Å²) in [6, 6.07) is 1.94. The summed E-state index contributed by atoms with van der Waals surface area (Å²) in [5.41, 5.74) is 0.255. The Bertz CT molecular complexity index is 553. The van der Waals surface area contributed by atoms with E-state index in [-0.39, 0.29) is 11.6 Å². The monoisotopic (exact) mass is 269 g/mol. The third-order valence-corrected chi connectivity index (χ3v) is 2.39. The molecule has 0 aliphatic rings. The predicted octanol–water partition coefficient (Wildman–Crippen LogP) is 1.48. The van der Waals surface area contributed by atoms with Crippen LogP contribution in [0.5, 0.6) is 6.01 Å². The van der Waals surface area contributed by atoms with Gasteiger partial charge in [-0.25, -0.2) is 4.98 Å². The molecule has 15 heavy (non-hydrogen) atoms. The quantitative estimate of drug-likeness (QED) is 0.897. The molecule has 2 rings (SSSR count). The molecule has 1 N–H and O–H groups in total. The average Bonchev–Trinajstić information content (AvgIpc) is 2.21. The van der Waals surface area contributed by atoms with Crippen LogP contribution in [0, 0.1) is 0 Å². The van der Waals surface area contributed by atoms with Crippen molar-refractivity contribution in [2.75, 3.05) is 6.61 Å². The molecule has 0 saturated carbocycles. The van der Waals surface area contributed by atoms with E-state index in [1.165, 1.54) is 0 Å². The van der Waals surface area contributed by atoms with Gasteiger partial charge in [-0.3, -0.25) is 4.79 Å². The molecule has 2 aromatic rings. The Kier molecular flexibility index (Phi) is 2.68. The van der Waals surface area contributed by atoms with Gasteiger partial charge in [0, 0.05) is 11.6 Å². The minimum Gasteiger partial charge on any atom is -0.464 e. The Hall–Kier alpha value is -1.43. The molecule has 0 amide bonds. The van der Waals surface area contributed by atoms with Gasteiger partial charge in [0.15, 0.2) is 0 Å². The molecule has 0 aliphatic heterocycles. The van der Waals surface area contributed by atoms with Gasteiger partial charge in [-0.05, 0) is 28.9 Å². The van der Waals surface area contributed by atoms with Crippen LogP contribution in [0.4, 0.5) is 0 Å². The Labute approximate surface area is 93.6 Å². The summed E-state index contributed by atoms with van der Waals surface area (Å²) in [6.45, 7) is 2.34. The first-order valence-corrected chi connectivity index (χ1v) is 5.18. The van der Waals surface area contributed by atoms with Gasteiger partial charge in [0.1, 0.15) is 5.65 Å². The van der Waals surface area contributed by atoms with Crippen molar-refractivity contribution in [3.63, 3.8) is 0 Å². The number of hydrogen-bond donors (Lipinski definition) is 1. The molecule has 78 valence electrons. The van der Waals surface area contributed by atoms with E-state index in [0.29, 0.717) is 16.7 Å². The SMILES string of the molecule is CCOc1ncc2cc(Br)c(=O)[nH]c2n1. The topological polar surface area (TPSA) is 67.9 Å². The summed E-state index contributed by atoms with van der Waals surface area (Å²) >= 11 is 3.14. The molecule has 0 unspecified atom stereocenters. The van der Waals surface area contributed by atoms with Crippen molar-refractivity contribution >= 4 is 27.0 Å². The van der Waals surface area contributed by atoms with Gasteiger partial charge < -0.3 is 9.72 Å².